The maximum absolute atomic E-state index is 12.4. The monoisotopic (exact) mass is 516 g/mol. The van der Waals surface area contributed by atoms with Gasteiger partial charge < -0.3 is 19.7 Å². The molecule has 1 atom stereocenters. The van der Waals surface area contributed by atoms with Gasteiger partial charge in [-0.05, 0) is 58.7 Å². The number of aryl methyl sites for hydroxylation is 1. The van der Waals surface area contributed by atoms with Crippen molar-refractivity contribution in [2.75, 3.05) is 25.1 Å². The maximum Gasteiger partial charge on any atom is 0.407 e. The third-order valence-corrected chi connectivity index (χ3v) is 6.17. The first-order chi connectivity index (χ1) is 18.2. The Morgan fingerprint density at radius 1 is 1.11 bits per heavy atom. The number of hydrogen-bond donors (Lipinski definition) is 1. The van der Waals surface area contributed by atoms with Crippen LogP contribution in [0, 0.1) is 6.92 Å². The molecule has 11 nitrogen and oxygen atoms in total. The zero-order valence-electron chi connectivity index (χ0n) is 22.3. The fraction of sp³-hybridized carbons (Fsp3) is 0.407. The number of alkyl carbamates (subject to hydrolysis) is 1. The second-order valence-corrected chi connectivity index (χ2v) is 10.4. The lowest BCUT2D eigenvalue weighted by Gasteiger charge is -2.35. The Kier molecular flexibility index (Phi) is 6.83. The first-order valence-electron chi connectivity index (χ1n) is 12.6. The van der Waals surface area contributed by atoms with Crippen LogP contribution in [0.25, 0.3) is 28.1 Å². The summed E-state index contributed by atoms with van der Waals surface area (Å²) in [4.78, 5) is 32.8. The molecule has 0 bridgehead atoms. The number of amides is 1. The predicted molar refractivity (Wildman–Crippen MR) is 144 cm³/mol. The Hall–Kier alpha value is -4.28. The summed E-state index contributed by atoms with van der Waals surface area (Å²) in [5, 5.41) is 8.47. The van der Waals surface area contributed by atoms with Crippen LogP contribution in [0.4, 0.5) is 10.6 Å². The second kappa shape index (κ2) is 10.2. The molecule has 0 radical (unpaired) electrons. The summed E-state index contributed by atoms with van der Waals surface area (Å²) in [5.41, 5.74) is 2.52. The van der Waals surface area contributed by atoms with E-state index in [0.717, 1.165) is 36.0 Å². The number of nitrogens with zero attached hydrogens (tertiary/aromatic N) is 7. The number of piperidine rings is 1. The Balaban J connectivity index is 1.44. The lowest BCUT2D eigenvalue weighted by atomic mass is 10.1. The van der Waals surface area contributed by atoms with Crippen molar-refractivity contribution in [2.24, 2.45) is 0 Å². The van der Waals surface area contributed by atoms with Gasteiger partial charge in [0.15, 0.2) is 17.4 Å². The number of nitrogens with one attached hydrogen (secondary N) is 1. The molecule has 1 amide bonds. The predicted octanol–water partition coefficient (Wildman–Crippen LogP) is 4.08. The van der Waals surface area contributed by atoms with E-state index in [1.54, 1.807) is 36.6 Å². The van der Waals surface area contributed by atoms with Gasteiger partial charge in [0.05, 0.1) is 36.4 Å². The number of aromatic nitrogens is 6. The highest BCUT2D eigenvalue weighted by atomic mass is 16.6. The first kappa shape index (κ1) is 25.4. The minimum absolute atomic E-state index is 0.0663. The Labute approximate surface area is 221 Å². The number of carbonyl (C=O) groups is 1. The lowest BCUT2D eigenvalue weighted by molar-refractivity contribution is 0.0500. The van der Waals surface area contributed by atoms with Crippen LogP contribution in [-0.4, -0.2) is 67.7 Å². The fourth-order valence-corrected chi connectivity index (χ4v) is 4.52. The second-order valence-electron chi connectivity index (χ2n) is 10.4. The molecule has 0 aromatic carbocycles. The molecule has 1 unspecified atom stereocenters. The molecule has 1 aliphatic heterocycles. The third-order valence-electron chi connectivity index (χ3n) is 6.17. The van der Waals surface area contributed by atoms with Crippen LogP contribution in [0.15, 0.2) is 43.0 Å². The summed E-state index contributed by atoms with van der Waals surface area (Å²) >= 11 is 0. The molecule has 1 fully saturated rings. The molecule has 11 heteroatoms. The van der Waals surface area contributed by atoms with Gasteiger partial charge in [0.25, 0.3) is 0 Å². The number of fused-ring (bicyclic) bond motifs is 1. The molecule has 4 aromatic rings. The SMILES string of the molecule is COc1ccc(-n2ncc3cnc(-c4cncc(C)n4)cc32)nc1N1CCCC(NC(=O)OC(C)(C)C)C1. The molecule has 38 heavy (non-hydrogen) atoms. The van der Waals surface area contributed by atoms with Crippen molar-refractivity contribution in [3.05, 3.63) is 48.7 Å². The Bertz CT molecular complexity index is 1460. The van der Waals surface area contributed by atoms with Crippen molar-refractivity contribution in [2.45, 2.75) is 52.2 Å². The van der Waals surface area contributed by atoms with E-state index in [2.05, 4.69) is 30.3 Å². The zero-order valence-corrected chi connectivity index (χ0v) is 22.3. The molecule has 0 spiro atoms. The van der Waals surface area contributed by atoms with E-state index in [1.807, 2.05) is 45.9 Å². The number of pyridine rings is 2. The van der Waals surface area contributed by atoms with Crippen molar-refractivity contribution in [1.29, 1.82) is 0 Å². The standard InChI is InChI=1S/C27H32N8O3/c1-17-12-28-15-21(31-17)20-11-22-18(13-29-20)14-30-35(22)24-9-8-23(37-5)25(33-24)34-10-6-7-19(16-34)32-26(36)38-27(2,3)4/h8-9,11-15,19H,6-7,10,16H2,1-5H3,(H,32,36). The fourth-order valence-electron chi connectivity index (χ4n) is 4.52. The normalized spacial score (nSPS) is 15.9. The van der Waals surface area contributed by atoms with Crippen molar-refractivity contribution in [3.8, 4) is 23.0 Å². The van der Waals surface area contributed by atoms with Gasteiger partial charge in [0, 0.05) is 36.9 Å². The lowest BCUT2D eigenvalue weighted by Crippen LogP contribution is -2.49. The van der Waals surface area contributed by atoms with E-state index in [9.17, 15) is 4.79 Å². The van der Waals surface area contributed by atoms with E-state index < -0.39 is 11.7 Å². The molecule has 1 aliphatic rings. The van der Waals surface area contributed by atoms with E-state index in [1.165, 1.54) is 0 Å². The van der Waals surface area contributed by atoms with Crippen LogP contribution in [0.1, 0.15) is 39.3 Å². The summed E-state index contributed by atoms with van der Waals surface area (Å²) in [5.74, 6) is 1.99. The molecule has 4 aromatic heterocycles. The van der Waals surface area contributed by atoms with E-state index in [4.69, 9.17) is 14.5 Å². The first-order valence-corrected chi connectivity index (χ1v) is 12.6. The molecule has 5 heterocycles. The Morgan fingerprint density at radius 3 is 2.71 bits per heavy atom. The van der Waals surface area contributed by atoms with Crippen LogP contribution in [-0.2, 0) is 4.74 Å². The quantitative estimate of drug-likeness (QED) is 0.418. The van der Waals surface area contributed by atoms with Gasteiger partial charge in [0.2, 0.25) is 0 Å². The maximum atomic E-state index is 12.4. The largest absolute Gasteiger partial charge is 0.493 e. The van der Waals surface area contributed by atoms with Gasteiger partial charge in [-0.2, -0.15) is 5.10 Å². The molecule has 198 valence electrons. The number of carbonyl (C=O) groups excluding carboxylic acids is 1. The number of methoxy groups -OCH3 is 1. The topological polar surface area (TPSA) is 120 Å². The smallest absolute Gasteiger partial charge is 0.407 e. The molecular weight excluding hydrogens is 484 g/mol. The summed E-state index contributed by atoms with van der Waals surface area (Å²) < 4.78 is 12.9. The van der Waals surface area contributed by atoms with E-state index >= 15 is 0 Å². The average molecular weight is 517 g/mol. The summed E-state index contributed by atoms with van der Waals surface area (Å²) in [6.07, 6.45) is 8.30. The average Bonchev–Trinajstić information content (AvgIpc) is 3.30. The Morgan fingerprint density at radius 2 is 1.95 bits per heavy atom. The van der Waals surface area contributed by atoms with Crippen LogP contribution < -0.4 is 15.0 Å². The summed E-state index contributed by atoms with van der Waals surface area (Å²) in [6.45, 7) is 8.84. The highest BCUT2D eigenvalue weighted by molar-refractivity contribution is 5.82. The van der Waals surface area contributed by atoms with Gasteiger partial charge in [0.1, 0.15) is 11.3 Å². The summed E-state index contributed by atoms with van der Waals surface area (Å²) in [6, 6.07) is 5.65. The van der Waals surface area contributed by atoms with E-state index in [-0.39, 0.29) is 6.04 Å². The van der Waals surface area contributed by atoms with Crippen LogP contribution >= 0.6 is 0 Å². The molecule has 5 rings (SSSR count). The number of rotatable bonds is 5. The molecule has 0 aliphatic carbocycles. The van der Waals surface area contributed by atoms with Gasteiger partial charge >= 0.3 is 6.09 Å². The van der Waals surface area contributed by atoms with Gasteiger partial charge in [-0.15, -0.1) is 0 Å². The van der Waals surface area contributed by atoms with Gasteiger partial charge in [-0.1, -0.05) is 0 Å². The van der Waals surface area contributed by atoms with Crippen molar-refractivity contribution in [1.82, 2.24) is 35.0 Å². The summed E-state index contributed by atoms with van der Waals surface area (Å²) in [7, 11) is 1.63. The van der Waals surface area contributed by atoms with Crippen LogP contribution in [0.3, 0.4) is 0 Å². The van der Waals surface area contributed by atoms with Gasteiger partial charge in [-0.25, -0.2) is 19.4 Å². The van der Waals surface area contributed by atoms with Crippen molar-refractivity contribution in [3.63, 3.8) is 0 Å². The van der Waals surface area contributed by atoms with Crippen LogP contribution in [0.5, 0.6) is 5.75 Å². The van der Waals surface area contributed by atoms with Crippen LogP contribution in [0.2, 0.25) is 0 Å². The molecule has 1 N–H and O–H groups in total. The highest BCUT2D eigenvalue weighted by Gasteiger charge is 2.27. The minimum atomic E-state index is -0.550. The number of hydrogen-bond acceptors (Lipinski definition) is 9. The van der Waals surface area contributed by atoms with Crippen molar-refractivity contribution < 1.29 is 14.3 Å². The third kappa shape index (κ3) is 5.51. The molecule has 0 saturated carbocycles. The van der Waals surface area contributed by atoms with Crippen molar-refractivity contribution >= 4 is 22.8 Å². The zero-order chi connectivity index (χ0) is 26.9. The highest BCUT2D eigenvalue weighted by Crippen LogP contribution is 2.31. The minimum Gasteiger partial charge on any atom is -0.493 e. The number of ether oxygens (including phenoxy) is 2. The van der Waals surface area contributed by atoms with Gasteiger partial charge in [-0.3, -0.25) is 9.97 Å². The van der Waals surface area contributed by atoms with E-state index in [0.29, 0.717) is 35.3 Å². The molecule has 1 saturated heterocycles. The molecular formula is C27H32N8O3. The number of anilines is 1.